The molecule has 0 saturated carbocycles. The average molecular weight is 374 g/mol. The maximum absolute atomic E-state index is 13.0. The third kappa shape index (κ3) is 4.72. The molecule has 0 radical (unpaired) electrons. The molecule has 0 bridgehead atoms. The number of hydrogen-bond donors (Lipinski definition) is 2. The topological polar surface area (TPSA) is 103 Å². The molecule has 1 unspecified atom stereocenters. The van der Waals surface area contributed by atoms with Gasteiger partial charge in [0.05, 0.1) is 5.56 Å². The predicted octanol–water partition coefficient (Wildman–Crippen LogP) is 0.970. The number of carbonyl (C=O) groups is 3. The number of nitrogens with one attached hydrogen (secondary N) is 2. The molecular formula is C18H15FN2O6. The maximum Gasteiger partial charge on any atom is 0.338 e. The molecule has 140 valence electrons. The second-order valence-electron chi connectivity index (χ2n) is 5.49. The lowest BCUT2D eigenvalue weighted by Gasteiger charge is -2.25. The minimum absolute atomic E-state index is 0.0206. The SMILES string of the molecule is O=C(COC(=O)c1cccc(F)c1)NNC(=O)C1COc2ccccc2O1. The molecule has 1 atom stereocenters. The highest BCUT2D eigenvalue weighted by Crippen LogP contribution is 2.30. The zero-order chi connectivity index (χ0) is 19.2. The predicted molar refractivity (Wildman–Crippen MR) is 89.3 cm³/mol. The molecule has 8 nitrogen and oxygen atoms in total. The molecule has 0 aliphatic carbocycles. The van der Waals surface area contributed by atoms with E-state index in [0.717, 1.165) is 6.07 Å². The number of carbonyl (C=O) groups excluding carboxylic acids is 3. The van der Waals surface area contributed by atoms with Crippen molar-refractivity contribution in [2.24, 2.45) is 0 Å². The van der Waals surface area contributed by atoms with Crippen LogP contribution >= 0.6 is 0 Å². The minimum Gasteiger partial charge on any atom is -0.485 e. The number of halogens is 1. The fourth-order valence-electron chi connectivity index (χ4n) is 2.23. The lowest BCUT2D eigenvalue weighted by Crippen LogP contribution is -2.51. The first kappa shape index (κ1) is 18.2. The molecule has 1 aliphatic heterocycles. The zero-order valence-electron chi connectivity index (χ0n) is 13.9. The van der Waals surface area contributed by atoms with Crippen LogP contribution in [0.1, 0.15) is 10.4 Å². The molecule has 2 aromatic carbocycles. The highest BCUT2D eigenvalue weighted by atomic mass is 19.1. The molecule has 0 aromatic heterocycles. The van der Waals surface area contributed by atoms with Crippen molar-refractivity contribution in [2.45, 2.75) is 6.10 Å². The van der Waals surface area contributed by atoms with Gasteiger partial charge < -0.3 is 14.2 Å². The molecule has 0 fully saturated rings. The van der Waals surface area contributed by atoms with E-state index in [1.165, 1.54) is 18.2 Å². The summed E-state index contributed by atoms with van der Waals surface area (Å²) >= 11 is 0. The van der Waals surface area contributed by atoms with Gasteiger partial charge in [-0.25, -0.2) is 9.18 Å². The van der Waals surface area contributed by atoms with Crippen LogP contribution in [0.5, 0.6) is 11.5 Å². The summed E-state index contributed by atoms with van der Waals surface area (Å²) in [5, 5.41) is 0. The minimum atomic E-state index is -0.949. The van der Waals surface area contributed by atoms with Crippen LogP contribution in [0.3, 0.4) is 0 Å². The van der Waals surface area contributed by atoms with Gasteiger partial charge >= 0.3 is 5.97 Å². The van der Waals surface area contributed by atoms with E-state index in [1.807, 2.05) is 0 Å². The van der Waals surface area contributed by atoms with Gasteiger partial charge in [-0.05, 0) is 30.3 Å². The highest BCUT2D eigenvalue weighted by Gasteiger charge is 2.27. The second-order valence-corrected chi connectivity index (χ2v) is 5.49. The molecule has 2 aromatic rings. The van der Waals surface area contributed by atoms with E-state index in [4.69, 9.17) is 14.2 Å². The normalized spacial score (nSPS) is 14.8. The fraction of sp³-hybridized carbons (Fsp3) is 0.167. The molecule has 2 amide bonds. The standard InChI is InChI=1S/C18H15FN2O6/c19-12-5-3-4-11(8-12)18(24)26-10-16(22)20-21-17(23)15-9-25-13-6-1-2-7-14(13)27-15/h1-8,15H,9-10H2,(H,20,22)(H,21,23). The van der Waals surface area contributed by atoms with Gasteiger partial charge in [-0.3, -0.25) is 20.4 Å². The fourth-order valence-corrected chi connectivity index (χ4v) is 2.23. The van der Waals surface area contributed by atoms with E-state index in [-0.39, 0.29) is 12.2 Å². The van der Waals surface area contributed by atoms with Gasteiger partial charge in [0, 0.05) is 0 Å². The van der Waals surface area contributed by atoms with Gasteiger partial charge in [0.2, 0.25) is 6.10 Å². The smallest absolute Gasteiger partial charge is 0.338 e. The third-order valence-corrected chi connectivity index (χ3v) is 3.52. The Hall–Kier alpha value is -3.62. The summed E-state index contributed by atoms with van der Waals surface area (Å²) in [7, 11) is 0. The maximum atomic E-state index is 13.0. The van der Waals surface area contributed by atoms with E-state index in [0.29, 0.717) is 11.5 Å². The zero-order valence-corrected chi connectivity index (χ0v) is 13.9. The number of esters is 1. The van der Waals surface area contributed by atoms with Crippen molar-refractivity contribution in [1.29, 1.82) is 0 Å². The number of amides is 2. The van der Waals surface area contributed by atoms with Gasteiger partial charge in [-0.15, -0.1) is 0 Å². The van der Waals surface area contributed by atoms with Crippen LogP contribution in [0.25, 0.3) is 0 Å². The first-order valence-electron chi connectivity index (χ1n) is 7.93. The molecule has 0 spiro atoms. The van der Waals surface area contributed by atoms with Crippen LogP contribution in [0.15, 0.2) is 48.5 Å². The molecular weight excluding hydrogens is 359 g/mol. The second kappa shape index (κ2) is 8.17. The Morgan fingerprint density at radius 3 is 2.63 bits per heavy atom. The van der Waals surface area contributed by atoms with Crippen LogP contribution in [-0.4, -0.2) is 37.1 Å². The van der Waals surface area contributed by atoms with Crippen molar-refractivity contribution in [3.8, 4) is 11.5 Å². The Labute approximate surface area is 153 Å². The van der Waals surface area contributed by atoms with Crippen LogP contribution in [0, 0.1) is 5.82 Å². The lowest BCUT2D eigenvalue weighted by atomic mass is 10.2. The number of benzene rings is 2. The van der Waals surface area contributed by atoms with Crippen molar-refractivity contribution in [1.82, 2.24) is 10.9 Å². The molecule has 1 aliphatic rings. The summed E-state index contributed by atoms with van der Waals surface area (Å²) in [6.07, 6.45) is -0.949. The number of ether oxygens (including phenoxy) is 3. The Kier molecular flexibility index (Phi) is 5.50. The van der Waals surface area contributed by atoms with Crippen LogP contribution in [0.4, 0.5) is 4.39 Å². The van der Waals surface area contributed by atoms with E-state index in [1.54, 1.807) is 24.3 Å². The van der Waals surface area contributed by atoms with Crippen molar-refractivity contribution in [3.63, 3.8) is 0 Å². The van der Waals surface area contributed by atoms with Crippen LogP contribution in [-0.2, 0) is 14.3 Å². The van der Waals surface area contributed by atoms with Gasteiger partial charge in [0.1, 0.15) is 12.4 Å². The van der Waals surface area contributed by atoms with Crippen molar-refractivity contribution >= 4 is 17.8 Å². The number of fused-ring (bicyclic) bond motifs is 1. The van der Waals surface area contributed by atoms with Crippen molar-refractivity contribution in [3.05, 3.63) is 59.9 Å². The Morgan fingerprint density at radius 2 is 1.85 bits per heavy atom. The summed E-state index contributed by atoms with van der Waals surface area (Å²) in [6.45, 7) is -0.673. The lowest BCUT2D eigenvalue weighted by molar-refractivity contribution is -0.135. The largest absolute Gasteiger partial charge is 0.485 e. The van der Waals surface area contributed by atoms with E-state index in [9.17, 15) is 18.8 Å². The summed E-state index contributed by atoms with van der Waals surface area (Å²) in [6, 6.07) is 11.7. The van der Waals surface area contributed by atoms with Gasteiger partial charge in [0.25, 0.3) is 11.8 Å². The summed E-state index contributed by atoms with van der Waals surface area (Å²) in [5.41, 5.74) is 4.23. The Morgan fingerprint density at radius 1 is 1.07 bits per heavy atom. The van der Waals surface area contributed by atoms with E-state index >= 15 is 0 Å². The van der Waals surface area contributed by atoms with Crippen LogP contribution < -0.4 is 20.3 Å². The first-order chi connectivity index (χ1) is 13.0. The molecule has 2 N–H and O–H groups in total. The number of hydrazine groups is 1. The number of hydrogen-bond acceptors (Lipinski definition) is 6. The van der Waals surface area contributed by atoms with Crippen molar-refractivity contribution in [2.75, 3.05) is 13.2 Å². The quantitative estimate of drug-likeness (QED) is 0.611. The summed E-state index contributed by atoms with van der Waals surface area (Å²) < 4.78 is 28.7. The monoisotopic (exact) mass is 374 g/mol. The Balaban J connectivity index is 1.43. The molecule has 3 rings (SSSR count). The Bertz CT molecular complexity index is 872. The molecule has 9 heteroatoms. The van der Waals surface area contributed by atoms with Gasteiger partial charge in [-0.2, -0.15) is 0 Å². The summed E-state index contributed by atoms with van der Waals surface area (Å²) in [4.78, 5) is 35.4. The van der Waals surface area contributed by atoms with Crippen molar-refractivity contribution < 1.29 is 33.0 Å². The van der Waals surface area contributed by atoms with Gasteiger partial charge in [0.15, 0.2) is 18.1 Å². The van der Waals surface area contributed by atoms with Gasteiger partial charge in [-0.1, -0.05) is 18.2 Å². The number of para-hydroxylation sites is 2. The summed E-state index contributed by atoms with van der Waals surface area (Å²) in [5.74, 6) is -1.93. The third-order valence-electron chi connectivity index (χ3n) is 3.52. The number of rotatable bonds is 4. The molecule has 0 saturated heterocycles. The van der Waals surface area contributed by atoms with E-state index in [2.05, 4.69) is 10.9 Å². The molecule has 1 heterocycles. The highest BCUT2D eigenvalue weighted by molar-refractivity contribution is 5.91. The van der Waals surface area contributed by atoms with E-state index < -0.39 is 36.3 Å². The average Bonchev–Trinajstić information content (AvgIpc) is 2.69. The molecule has 27 heavy (non-hydrogen) atoms. The van der Waals surface area contributed by atoms with Crippen LogP contribution in [0.2, 0.25) is 0 Å². The first-order valence-corrected chi connectivity index (χ1v) is 7.93.